The first kappa shape index (κ1) is 23.7. The molecule has 1 aromatic rings. The van der Waals surface area contributed by atoms with Crippen LogP contribution in [0.5, 0.6) is 0 Å². The third-order valence-electron chi connectivity index (χ3n) is 4.52. The van der Waals surface area contributed by atoms with Gasteiger partial charge in [0, 0.05) is 24.7 Å². The summed E-state index contributed by atoms with van der Waals surface area (Å²) in [7, 11) is 0. The van der Waals surface area contributed by atoms with Gasteiger partial charge in [-0.25, -0.2) is 4.99 Å². The van der Waals surface area contributed by atoms with Crippen molar-refractivity contribution in [2.45, 2.75) is 71.1 Å². The maximum Gasteiger partial charge on any atom is 0.224 e. The van der Waals surface area contributed by atoms with Gasteiger partial charge in [0.2, 0.25) is 5.91 Å². The molecule has 6 nitrogen and oxygen atoms in total. The largest absolute Gasteiger partial charge is 0.393 e. The van der Waals surface area contributed by atoms with Crippen LogP contribution in [0.3, 0.4) is 0 Å². The topological polar surface area (TPSA) is 85.8 Å². The lowest BCUT2D eigenvalue weighted by molar-refractivity contribution is -0.116. The van der Waals surface area contributed by atoms with Crippen LogP contribution in [0.1, 0.15) is 57.9 Å². The second-order valence-corrected chi connectivity index (χ2v) is 6.84. The van der Waals surface area contributed by atoms with Crippen LogP contribution in [0, 0.1) is 0 Å². The van der Waals surface area contributed by atoms with E-state index in [1.54, 1.807) is 0 Å². The molecule has 1 saturated carbocycles. The summed E-state index contributed by atoms with van der Waals surface area (Å²) < 4.78 is 0. The Morgan fingerprint density at radius 2 is 1.81 bits per heavy atom. The molecular weight excluding hydrogens is 455 g/mol. The minimum Gasteiger partial charge on any atom is -0.393 e. The molecule has 0 heterocycles. The van der Waals surface area contributed by atoms with Crippen molar-refractivity contribution in [2.75, 3.05) is 11.9 Å². The fourth-order valence-electron chi connectivity index (χ4n) is 3.05. The van der Waals surface area contributed by atoms with E-state index in [1.807, 2.05) is 31.2 Å². The van der Waals surface area contributed by atoms with Crippen LogP contribution >= 0.6 is 24.0 Å². The third-order valence-corrected chi connectivity index (χ3v) is 4.52. The molecule has 2 rings (SSSR count). The molecule has 152 valence electrons. The Kier molecular flexibility index (Phi) is 11.3. The quantitative estimate of drug-likeness (QED) is 0.269. The van der Waals surface area contributed by atoms with Crippen molar-refractivity contribution in [3.8, 4) is 0 Å². The number of hydrogen-bond acceptors (Lipinski definition) is 3. The van der Waals surface area contributed by atoms with Crippen molar-refractivity contribution in [1.82, 2.24) is 10.6 Å². The van der Waals surface area contributed by atoms with Gasteiger partial charge >= 0.3 is 0 Å². The van der Waals surface area contributed by atoms with E-state index < -0.39 is 0 Å². The fraction of sp³-hybridized carbons (Fsp3) is 0.600. The first-order valence-electron chi connectivity index (χ1n) is 9.72. The van der Waals surface area contributed by atoms with Gasteiger partial charge in [-0.15, -0.1) is 24.0 Å². The van der Waals surface area contributed by atoms with Crippen molar-refractivity contribution in [1.29, 1.82) is 0 Å². The highest BCUT2D eigenvalue weighted by Crippen LogP contribution is 2.18. The van der Waals surface area contributed by atoms with Gasteiger partial charge < -0.3 is 21.1 Å². The number of anilines is 1. The molecule has 4 N–H and O–H groups in total. The van der Waals surface area contributed by atoms with E-state index in [0.29, 0.717) is 19.0 Å². The molecule has 0 aromatic heterocycles. The number of hydrogen-bond donors (Lipinski definition) is 4. The van der Waals surface area contributed by atoms with Crippen LogP contribution in [0.4, 0.5) is 5.69 Å². The first-order chi connectivity index (χ1) is 12.6. The molecule has 0 atom stereocenters. The molecule has 0 spiro atoms. The fourth-order valence-corrected chi connectivity index (χ4v) is 3.05. The number of aliphatic hydroxyl groups is 1. The normalized spacial score (nSPS) is 19.7. The summed E-state index contributed by atoms with van der Waals surface area (Å²) >= 11 is 0. The maximum absolute atomic E-state index is 11.6. The molecule has 27 heavy (non-hydrogen) atoms. The molecule has 0 aliphatic heterocycles. The Balaban J connectivity index is 0.00000364. The Hall–Kier alpha value is -1.35. The molecule has 1 fully saturated rings. The lowest BCUT2D eigenvalue weighted by atomic mass is 9.93. The zero-order valence-corrected chi connectivity index (χ0v) is 18.7. The van der Waals surface area contributed by atoms with Crippen molar-refractivity contribution in [3.05, 3.63) is 29.8 Å². The van der Waals surface area contributed by atoms with Crippen LogP contribution in [0.15, 0.2) is 29.3 Å². The van der Waals surface area contributed by atoms with E-state index in [1.165, 1.54) is 0 Å². The molecular formula is C20H33IN4O2. The summed E-state index contributed by atoms with van der Waals surface area (Å²) in [6, 6.07) is 8.19. The van der Waals surface area contributed by atoms with Gasteiger partial charge in [0.1, 0.15) is 0 Å². The number of carbonyl (C=O) groups excluding carboxylic acids is 1. The number of nitrogens with zero attached hydrogens (tertiary/aromatic N) is 1. The number of carbonyl (C=O) groups is 1. The molecule has 0 saturated heterocycles. The average Bonchev–Trinajstić information content (AvgIpc) is 2.63. The standard InChI is InChI=1S/C20H32N4O2.HI/c1-3-5-19(26)23-16-8-6-15(7-9-16)14-22-20(21-4-2)24-17-10-12-18(25)13-11-17;/h6-9,17-18,25H,3-5,10-14H2,1-2H3,(H,23,26)(H2,21,22,24);1H. The van der Waals surface area contributed by atoms with Gasteiger partial charge in [0.25, 0.3) is 0 Å². The molecule has 0 radical (unpaired) electrons. The van der Waals surface area contributed by atoms with Crippen LogP contribution < -0.4 is 16.0 Å². The monoisotopic (exact) mass is 488 g/mol. The summed E-state index contributed by atoms with van der Waals surface area (Å²) in [5.41, 5.74) is 1.91. The Bertz CT molecular complexity index is 584. The van der Waals surface area contributed by atoms with Crippen molar-refractivity contribution in [3.63, 3.8) is 0 Å². The summed E-state index contributed by atoms with van der Waals surface area (Å²) in [4.78, 5) is 16.3. The Morgan fingerprint density at radius 3 is 2.41 bits per heavy atom. The van der Waals surface area contributed by atoms with Crippen LogP contribution in [0.2, 0.25) is 0 Å². The van der Waals surface area contributed by atoms with Crippen molar-refractivity contribution < 1.29 is 9.90 Å². The zero-order chi connectivity index (χ0) is 18.8. The molecule has 1 aliphatic carbocycles. The highest BCUT2D eigenvalue weighted by atomic mass is 127. The number of amides is 1. The van der Waals surface area contributed by atoms with E-state index in [2.05, 4.69) is 27.9 Å². The lowest BCUT2D eigenvalue weighted by Gasteiger charge is -2.27. The first-order valence-corrected chi connectivity index (χ1v) is 9.72. The average molecular weight is 488 g/mol. The lowest BCUT2D eigenvalue weighted by Crippen LogP contribution is -2.45. The molecule has 1 aromatic carbocycles. The Labute approximate surface area is 179 Å². The summed E-state index contributed by atoms with van der Waals surface area (Å²) in [5, 5.41) is 19.3. The number of guanidine groups is 1. The summed E-state index contributed by atoms with van der Waals surface area (Å²) in [5.74, 6) is 0.865. The number of aliphatic imine (C=N–C) groups is 1. The van der Waals surface area contributed by atoms with Crippen molar-refractivity contribution in [2.24, 2.45) is 4.99 Å². The smallest absolute Gasteiger partial charge is 0.224 e. The summed E-state index contributed by atoms with van der Waals surface area (Å²) in [6.45, 7) is 5.43. The van der Waals surface area contributed by atoms with Gasteiger partial charge in [-0.2, -0.15) is 0 Å². The molecule has 0 bridgehead atoms. The van der Waals surface area contributed by atoms with E-state index >= 15 is 0 Å². The van der Waals surface area contributed by atoms with E-state index in [4.69, 9.17) is 0 Å². The molecule has 0 unspecified atom stereocenters. The Morgan fingerprint density at radius 1 is 1.15 bits per heavy atom. The highest BCUT2D eigenvalue weighted by molar-refractivity contribution is 14.0. The minimum absolute atomic E-state index is 0. The number of aliphatic hydroxyl groups excluding tert-OH is 1. The van der Waals surface area contributed by atoms with Crippen LogP contribution in [0.25, 0.3) is 0 Å². The van der Waals surface area contributed by atoms with Crippen LogP contribution in [-0.2, 0) is 11.3 Å². The van der Waals surface area contributed by atoms with Gasteiger partial charge in [0.15, 0.2) is 5.96 Å². The van der Waals surface area contributed by atoms with Gasteiger partial charge in [-0.1, -0.05) is 19.1 Å². The molecule has 1 amide bonds. The van der Waals surface area contributed by atoms with Crippen LogP contribution in [-0.4, -0.2) is 35.7 Å². The highest BCUT2D eigenvalue weighted by Gasteiger charge is 2.19. The number of halogens is 1. The summed E-state index contributed by atoms with van der Waals surface area (Å²) in [6.07, 6.45) is 4.88. The van der Waals surface area contributed by atoms with Gasteiger partial charge in [-0.3, -0.25) is 4.79 Å². The number of nitrogens with one attached hydrogen (secondary N) is 3. The third kappa shape index (κ3) is 8.92. The predicted octanol–water partition coefficient (Wildman–Crippen LogP) is 3.40. The molecule has 7 heteroatoms. The maximum atomic E-state index is 11.6. The van der Waals surface area contributed by atoms with Gasteiger partial charge in [0.05, 0.1) is 12.6 Å². The number of rotatable bonds is 7. The number of benzene rings is 1. The van der Waals surface area contributed by atoms with Crippen molar-refractivity contribution >= 4 is 41.5 Å². The van der Waals surface area contributed by atoms with E-state index in [9.17, 15) is 9.90 Å². The van der Waals surface area contributed by atoms with E-state index in [-0.39, 0.29) is 36.0 Å². The second kappa shape index (κ2) is 12.9. The zero-order valence-electron chi connectivity index (χ0n) is 16.3. The molecule has 1 aliphatic rings. The predicted molar refractivity (Wildman–Crippen MR) is 122 cm³/mol. The van der Waals surface area contributed by atoms with E-state index in [0.717, 1.165) is 55.9 Å². The van der Waals surface area contributed by atoms with Gasteiger partial charge in [-0.05, 0) is 56.7 Å². The second-order valence-electron chi connectivity index (χ2n) is 6.84. The SMILES string of the molecule is CCCC(=O)Nc1ccc(CN=C(NCC)NC2CCC(O)CC2)cc1.I. The minimum atomic E-state index is -0.149.